The van der Waals surface area contributed by atoms with Crippen LogP contribution in [0.4, 0.5) is 0 Å². The lowest BCUT2D eigenvalue weighted by molar-refractivity contribution is -0.177. The predicted molar refractivity (Wildman–Crippen MR) is 90.2 cm³/mol. The molecule has 24 heavy (non-hydrogen) atoms. The van der Waals surface area contributed by atoms with E-state index in [-0.39, 0.29) is 34.9 Å². The fraction of sp³-hybridized carbons (Fsp3) is 0.950. The van der Waals surface area contributed by atoms with Crippen molar-refractivity contribution in [2.75, 3.05) is 0 Å². The van der Waals surface area contributed by atoms with Crippen LogP contribution >= 0.6 is 0 Å². The van der Waals surface area contributed by atoms with Gasteiger partial charge < -0.3 is 15.3 Å². The number of carboxylic acid groups (broad SMARTS) is 1. The third-order valence-corrected chi connectivity index (χ3v) is 8.92. The van der Waals surface area contributed by atoms with Crippen molar-refractivity contribution in [2.45, 2.75) is 77.4 Å². The van der Waals surface area contributed by atoms with Crippen LogP contribution in [0.2, 0.25) is 0 Å². The molecule has 0 bridgehead atoms. The van der Waals surface area contributed by atoms with Crippen LogP contribution in [0.3, 0.4) is 0 Å². The molecule has 0 aromatic heterocycles. The zero-order valence-electron chi connectivity index (χ0n) is 14.9. The Morgan fingerprint density at radius 1 is 0.917 bits per heavy atom. The summed E-state index contributed by atoms with van der Waals surface area (Å²) in [6.07, 6.45) is 6.72. The Kier molecular flexibility index (Phi) is 3.82. The third-order valence-electron chi connectivity index (χ3n) is 8.92. The second-order valence-corrected chi connectivity index (χ2v) is 9.75. The van der Waals surface area contributed by atoms with E-state index in [4.69, 9.17) is 0 Å². The Morgan fingerprint density at radius 3 is 2.29 bits per heavy atom. The molecule has 9 atom stereocenters. The molecule has 0 aromatic carbocycles. The molecule has 136 valence electrons. The van der Waals surface area contributed by atoms with Gasteiger partial charge in [-0.15, -0.1) is 0 Å². The van der Waals surface area contributed by atoms with E-state index >= 15 is 0 Å². The number of carbonyl (C=O) groups is 1. The standard InChI is InChI=1S/C20H32O4/c1-19-8-7-14-12(13(19)5-6-17(19)22)9-16(21)15-4-3-11(18(23)24)10-20(14,15)2/h11-17,21-22H,3-10H2,1-2H3,(H,23,24)/t11-,12-,13-,14-,15+,16+,17-,19-,20+/m0/s1. The van der Waals surface area contributed by atoms with E-state index in [1.54, 1.807) is 0 Å². The number of rotatable bonds is 1. The summed E-state index contributed by atoms with van der Waals surface area (Å²) in [6, 6.07) is 0. The molecule has 0 unspecified atom stereocenters. The molecule has 3 N–H and O–H groups in total. The van der Waals surface area contributed by atoms with Gasteiger partial charge in [-0.25, -0.2) is 0 Å². The van der Waals surface area contributed by atoms with Crippen LogP contribution in [0.1, 0.15) is 65.2 Å². The van der Waals surface area contributed by atoms with Crippen molar-refractivity contribution in [2.24, 2.45) is 40.4 Å². The maximum atomic E-state index is 11.6. The number of aliphatic hydroxyl groups excluding tert-OH is 2. The summed E-state index contributed by atoms with van der Waals surface area (Å²) in [7, 11) is 0. The van der Waals surface area contributed by atoms with Crippen LogP contribution < -0.4 is 0 Å². The largest absolute Gasteiger partial charge is 0.481 e. The van der Waals surface area contributed by atoms with E-state index < -0.39 is 5.97 Å². The first-order chi connectivity index (χ1) is 11.3. The van der Waals surface area contributed by atoms with Crippen LogP contribution in [-0.4, -0.2) is 33.5 Å². The molecule has 0 radical (unpaired) electrons. The van der Waals surface area contributed by atoms with E-state index in [0.29, 0.717) is 24.2 Å². The highest BCUT2D eigenvalue weighted by atomic mass is 16.4. The highest BCUT2D eigenvalue weighted by Gasteiger charge is 2.62. The van der Waals surface area contributed by atoms with E-state index in [1.807, 2.05) is 0 Å². The first-order valence-electron chi connectivity index (χ1n) is 9.86. The highest BCUT2D eigenvalue weighted by Crippen LogP contribution is 2.66. The van der Waals surface area contributed by atoms with E-state index in [0.717, 1.165) is 44.9 Å². The monoisotopic (exact) mass is 336 g/mol. The minimum Gasteiger partial charge on any atom is -0.481 e. The van der Waals surface area contributed by atoms with Gasteiger partial charge in [0.2, 0.25) is 0 Å². The minimum atomic E-state index is -0.664. The van der Waals surface area contributed by atoms with Gasteiger partial charge in [-0.2, -0.15) is 0 Å². The fourth-order valence-corrected chi connectivity index (χ4v) is 7.61. The molecular weight excluding hydrogens is 304 g/mol. The molecule has 0 aliphatic heterocycles. The molecular formula is C20H32O4. The van der Waals surface area contributed by atoms with Crippen LogP contribution in [0.15, 0.2) is 0 Å². The van der Waals surface area contributed by atoms with Crippen LogP contribution in [0.5, 0.6) is 0 Å². The van der Waals surface area contributed by atoms with Crippen molar-refractivity contribution in [3.05, 3.63) is 0 Å². The van der Waals surface area contributed by atoms with Gasteiger partial charge in [-0.05, 0) is 85.9 Å². The van der Waals surface area contributed by atoms with Crippen molar-refractivity contribution in [3.8, 4) is 0 Å². The number of carboxylic acids is 1. The SMILES string of the molecule is C[C@]12C[C@@H](C(=O)O)CC[C@@H]1[C@H](O)C[C@@H]1[C@@H]2CC[C@]2(C)[C@@H](O)CC[C@@H]12. The van der Waals surface area contributed by atoms with Crippen molar-refractivity contribution in [1.29, 1.82) is 0 Å². The molecule has 4 heteroatoms. The normalized spacial score (nSPS) is 56.9. The quantitative estimate of drug-likeness (QED) is 0.688. The average molecular weight is 336 g/mol. The molecule has 4 saturated carbocycles. The van der Waals surface area contributed by atoms with E-state index in [2.05, 4.69) is 13.8 Å². The average Bonchev–Trinajstić information content (AvgIpc) is 2.82. The maximum absolute atomic E-state index is 11.6. The van der Waals surface area contributed by atoms with Crippen molar-refractivity contribution in [1.82, 2.24) is 0 Å². The molecule has 4 aliphatic carbocycles. The van der Waals surface area contributed by atoms with Crippen molar-refractivity contribution < 1.29 is 20.1 Å². The van der Waals surface area contributed by atoms with E-state index in [9.17, 15) is 20.1 Å². The lowest BCUT2D eigenvalue weighted by Crippen LogP contribution is -2.58. The summed E-state index contributed by atoms with van der Waals surface area (Å²) >= 11 is 0. The summed E-state index contributed by atoms with van der Waals surface area (Å²) in [4.78, 5) is 11.6. The van der Waals surface area contributed by atoms with Crippen molar-refractivity contribution in [3.63, 3.8) is 0 Å². The fourth-order valence-electron chi connectivity index (χ4n) is 7.61. The first-order valence-corrected chi connectivity index (χ1v) is 9.86. The molecule has 0 amide bonds. The summed E-state index contributed by atoms with van der Waals surface area (Å²) in [6.45, 7) is 4.51. The summed E-state index contributed by atoms with van der Waals surface area (Å²) in [5.74, 6) is 0.790. The molecule has 0 aromatic rings. The van der Waals surface area contributed by atoms with Gasteiger partial charge in [-0.3, -0.25) is 4.79 Å². The van der Waals surface area contributed by atoms with Crippen LogP contribution in [0, 0.1) is 40.4 Å². The Bertz CT molecular complexity index is 534. The summed E-state index contributed by atoms with van der Waals surface area (Å²) in [5, 5.41) is 30.9. The number of hydrogen-bond acceptors (Lipinski definition) is 3. The molecule has 0 spiro atoms. The molecule has 4 nitrogen and oxygen atoms in total. The number of fused-ring (bicyclic) bond motifs is 5. The smallest absolute Gasteiger partial charge is 0.306 e. The van der Waals surface area contributed by atoms with Gasteiger partial charge in [0.15, 0.2) is 0 Å². The van der Waals surface area contributed by atoms with Gasteiger partial charge in [0.1, 0.15) is 0 Å². The summed E-state index contributed by atoms with van der Waals surface area (Å²) < 4.78 is 0. The topological polar surface area (TPSA) is 77.8 Å². The minimum absolute atomic E-state index is 0.00491. The number of aliphatic hydroxyl groups is 2. The zero-order chi connectivity index (χ0) is 17.3. The maximum Gasteiger partial charge on any atom is 0.306 e. The highest BCUT2D eigenvalue weighted by molar-refractivity contribution is 5.70. The van der Waals surface area contributed by atoms with Crippen LogP contribution in [0.25, 0.3) is 0 Å². The summed E-state index contributed by atoms with van der Waals surface area (Å²) in [5.41, 5.74) is -0.0521. The van der Waals surface area contributed by atoms with Gasteiger partial charge in [0, 0.05) is 0 Å². The number of hydrogen-bond donors (Lipinski definition) is 3. The predicted octanol–water partition coefficient (Wildman–Crippen LogP) is 3.06. The Hall–Kier alpha value is -0.610. The Balaban J connectivity index is 1.67. The van der Waals surface area contributed by atoms with Gasteiger partial charge >= 0.3 is 5.97 Å². The molecule has 4 aliphatic rings. The lowest BCUT2D eigenvalue weighted by Gasteiger charge is -2.62. The second-order valence-electron chi connectivity index (χ2n) is 9.75. The zero-order valence-corrected chi connectivity index (χ0v) is 14.9. The van der Waals surface area contributed by atoms with Crippen molar-refractivity contribution >= 4 is 5.97 Å². The van der Waals surface area contributed by atoms with E-state index in [1.165, 1.54) is 0 Å². The molecule has 4 rings (SSSR count). The third kappa shape index (κ3) is 2.14. The molecule has 0 saturated heterocycles. The van der Waals surface area contributed by atoms with Gasteiger partial charge in [0.25, 0.3) is 0 Å². The van der Waals surface area contributed by atoms with Crippen LogP contribution in [-0.2, 0) is 4.79 Å². The first kappa shape index (κ1) is 16.8. The Morgan fingerprint density at radius 2 is 1.58 bits per heavy atom. The lowest BCUT2D eigenvalue weighted by atomic mass is 9.44. The molecule has 0 heterocycles. The van der Waals surface area contributed by atoms with Gasteiger partial charge in [-0.1, -0.05) is 13.8 Å². The second kappa shape index (κ2) is 5.44. The number of aliphatic carboxylic acids is 1. The Labute approximate surface area is 144 Å². The van der Waals surface area contributed by atoms with Gasteiger partial charge in [0.05, 0.1) is 18.1 Å². The molecule has 4 fully saturated rings.